The van der Waals surface area contributed by atoms with Crippen LogP contribution < -0.4 is 0 Å². The van der Waals surface area contributed by atoms with E-state index < -0.39 is 0 Å². The van der Waals surface area contributed by atoms with Gasteiger partial charge in [-0.2, -0.15) is 0 Å². The van der Waals surface area contributed by atoms with Crippen LogP contribution in [-0.4, -0.2) is 35.5 Å². The normalized spacial score (nSPS) is 12.5. The van der Waals surface area contributed by atoms with Gasteiger partial charge in [-0.1, -0.05) is 43.7 Å². The summed E-state index contributed by atoms with van der Waals surface area (Å²) in [7, 11) is 0. The first-order valence-corrected chi connectivity index (χ1v) is 11.0. The lowest BCUT2D eigenvalue weighted by molar-refractivity contribution is 0.0338. The summed E-state index contributed by atoms with van der Waals surface area (Å²) in [6.45, 7) is 15.5. The van der Waals surface area contributed by atoms with Crippen LogP contribution in [0.25, 0.3) is 10.9 Å². The molecular weight excluding hydrogens is 372 g/mol. The van der Waals surface area contributed by atoms with Gasteiger partial charge in [0.15, 0.2) is 0 Å². The number of benzene rings is 2. The Labute approximate surface area is 180 Å². The third kappa shape index (κ3) is 4.76. The van der Waals surface area contributed by atoms with Crippen molar-refractivity contribution in [2.24, 2.45) is 0 Å². The molecule has 0 fully saturated rings. The first-order chi connectivity index (χ1) is 14.3. The van der Waals surface area contributed by atoms with Gasteiger partial charge in [0, 0.05) is 23.1 Å². The maximum atomic E-state index is 13.1. The zero-order valence-electron chi connectivity index (χ0n) is 19.1. The number of hydrogen-bond donors (Lipinski definition) is 1. The zero-order chi connectivity index (χ0) is 21.8. The molecule has 4 heteroatoms. The van der Waals surface area contributed by atoms with E-state index in [0.717, 1.165) is 53.8 Å². The van der Waals surface area contributed by atoms with Crippen molar-refractivity contribution in [1.82, 2.24) is 9.88 Å². The fraction of sp³-hybridized carbons (Fsp3) is 0.423. The summed E-state index contributed by atoms with van der Waals surface area (Å²) >= 11 is 0. The molecule has 1 heterocycles. The number of fused-ring (bicyclic) bond motifs is 1. The average Bonchev–Trinajstić information content (AvgIpc) is 3.03. The maximum Gasteiger partial charge on any atom is 0.341 e. The van der Waals surface area contributed by atoms with Crippen molar-refractivity contribution >= 4 is 16.9 Å². The number of ether oxygens (including phenoxy) is 1. The molecule has 4 nitrogen and oxygen atoms in total. The van der Waals surface area contributed by atoms with Crippen LogP contribution in [0.2, 0.25) is 0 Å². The Bertz CT molecular complexity index is 1030. The minimum atomic E-state index is -0.298. The lowest BCUT2D eigenvalue weighted by Gasteiger charge is -2.18. The van der Waals surface area contributed by atoms with E-state index in [4.69, 9.17) is 4.74 Å². The summed E-state index contributed by atoms with van der Waals surface area (Å²) in [5.74, 6) is -0.271. The highest BCUT2D eigenvalue weighted by atomic mass is 16.5. The molecule has 0 saturated heterocycles. The second-order valence-corrected chi connectivity index (χ2v) is 8.19. The molecular formula is C26H34N2O2. The molecule has 1 N–H and O–H groups in total. The third-order valence-corrected chi connectivity index (χ3v) is 6.01. The van der Waals surface area contributed by atoms with E-state index in [-0.39, 0.29) is 12.1 Å². The number of likely N-dealkylation sites (N-methyl/N-ethyl adjacent to an activating group) is 1. The van der Waals surface area contributed by atoms with Gasteiger partial charge in [-0.3, -0.25) is 0 Å². The number of aromatic amines is 1. The van der Waals surface area contributed by atoms with Gasteiger partial charge in [-0.25, -0.2) is 4.79 Å². The van der Waals surface area contributed by atoms with Gasteiger partial charge in [0.25, 0.3) is 0 Å². The molecule has 0 aliphatic carbocycles. The van der Waals surface area contributed by atoms with Crippen molar-refractivity contribution in [2.45, 2.75) is 54.1 Å². The summed E-state index contributed by atoms with van der Waals surface area (Å²) in [5.41, 5.74) is 7.11. The van der Waals surface area contributed by atoms with E-state index in [1.807, 2.05) is 13.8 Å². The Hall–Kier alpha value is -2.59. The molecule has 0 radical (unpaired) electrons. The van der Waals surface area contributed by atoms with E-state index in [0.29, 0.717) is 5.56 Å². The van der Waals surface area contributed by atoms with Crippen LogP contribution >= 0.6 is 0 Å². The predicted molar refractivity (Wildman–Crippen MR) is 124 cm³/mol. The third-order valence-electron chi connectivity index (χ3n) is 6.01. The molecule has 160 valence electrons. The van der Waals surface area contributed by atoms with Crippen LogP contribution in [-0.2, 0) is 11.2 Å². The summed E-state index contributed by atoms with van der Waals surface area (Å²) in [4.78, 5) is 18.9. The molecule has 1 unspecified atom stereocenters. The molecule has 0 aliphatic heterocycles. The van der Waals surface area contributed by atoms with Crippen LogP contribution in [0, 0.1) is 20.8 Å². The number of aromatic nitrogens is 1. The second-order valence-electron chi connectivity index (χ2n) is 8.19. The molecule has 0 saturated carbocycles. The molecule has 0 bridgehead atoms. The van der Waals surface area contributed by atoms with Crippen molar-refractivity contribution in [1.29, 1.82) is 0 Å². The van der Waals surface area contributed by atoms with Gasteiger partial charge < -0.3 is 14.6 Å². The largest absolute Gasteiger partial charge is 0.454 e. The lowest BCUT2D eigenvalue weighted by Crippen LogP contribution is -2.25. The fourth-order valence-corrected chi connectivity index (χ4v) is 4.18. The van der Waals surface area contributed by atoms with Crippen molar-refractivity contribution in [2.75, 3.05) is 19.6 Å². The number of esters is 1. The second kappa shape index (κ2) is 9.48. The van der Waals surface area contributed by atoms with E-state index in [1.54, 1.807) is 0 Å². The van der Waals surface area contributed by atoms with Crippen LogP contribution in [0.4, 0.5) is 0 Å². The summed E-state index contributed by atoms with van der Waals surface area (Å²) in [6, 6.07) is 12.6. The minimum absolute atomic E-state index is 0.271. The molecule has 0 aliphatic rings. The van der Waals surface area contributed by atoms with Crippen molar-refractivity contribution in [3.05, 3.63) is 69.9 Å². The number of H-pyrrole nitrogens is 1. The van der Waals surface area contributed by atoms with Crippen molar-refractivity contribution < 1.29 is 9.53 Å². The predicted octanol–water partition coefficient (Wildman–Crippen LogP) is 5.90. The summed E-state index contributed by atoms with van der Waals surface area (Å²) in [6.07, 6.45) is 0.670. The Kier molecular flexibility index (Phi) is 6.99. The number of nitrogens with one attached hydrogen (secondary N) is 1. The maximum absolute atomic E-state index is 13.1. The van der Waals surface area contributed by atoms with Gasteiger partial charge in [0.05, 0.1) is 5.56 Å². The number of carbonyl (C=O) groups is 1. The van der Waals surface area contributed by atoms with E-state index in [2.05, 4.69) is 74.0 Å². The Morgan fingerprint density at radius 1 is 1.07 bits per heavy atom. The number of nitrogens with zero attached hydrogens (tertiary/aromatic N) is 1. The first-order valence-electron chi connectivity index (χ1n) is 11.0. The Morgan fingerprint density at radius 3 is 2.47 bits per heavy atom. The highest BCUT2D eigenvalue weighted by Gasteiger charge is 2.21. The molecule has 3 rings (SSSR count). The van der Waals surface area contributed by atoms with Crippen LogP contribution in [0.3, 0.4) is 0 Å². The highest BCUT2D eigenvalue weighted by molar-refractivity contribution is 6.05. The Morgan fingerprint density at radius 2 is 1.80 bits per heavy atom. The number of hydrogen-bond acceptors (Lipinski definition) is 3. The van der Waals surface area contributed by atoms with Gasteiger partial charge in [-0.05, 0) is 76.0 Å². The van der Waals surface area contributed by atoms with Crippen LogP contribution in [0.1, 0.15) is 65.2 Å². The summed E-state index contributed by atoms with van der Waals surface area (Å²) in [5, 5.41) is 0.947. The van der Waals surface area contributed by atoms with Gasteiger partial charge in [0.2, 0.25) is 0 Å². The van der Waals surface area contributed by atoms with E-state index in [9.17, 15) is 4.79 Å². The molecule has 0 spiro atoms. The molecule has 0 amide bonds. The molecule has 3 aromatic rings. The lowest BCUT2D eigenvalue weighted by atomic mass is 10.0. The van der Waals surface area contributed by atoms with Crippen LogP contribution in [0.15, 0.2) is 36.4 Å². The van der Waals surface area contributed by atoms with Crippen LogP contribution in [0.5, 0.6) is 0 Å². The standard InChI is InChI=1S/C26H34N2O2/c1-7-28(8-2)14-13-21-10-12-24-23(16-21)25(19(5)27-24)26(29)30-20(6)22-11-9-17(3)15-18(22)4/h9-12,15-16,20,27H,7-8,13-14H2,1-6H3. The topological polar surface area (TPSA) is 45.3 Å². The van der Waals surface area contributed by atoms with Gasteiger partial charge >= 0.3 is 5.97 Å². The fourth-order valence-electron chi connectivity index (χ4n) is 4.18. The Balaban J connectivity index is 1.84. The van der Waals surface area contributed by atoms with Gasteiger partial charge in [0.1, 0.15) is 6.10 Å². The molecule has 2 aromatic carbocycles. The number of rotatable bonds is 8. The van der Waals surface area contributed by atoms with Crippen molar-refractivity contribution in [3.63, 3.8) is 0 Å². The zero-order valence-corrected chi connectivity index (χ0v) is 19.1. The smallest absolute Gasteiger partial charge is 0.341 e. The molecule has 30 heavy (non-hydrogen) atoms. The SMILES string of the molecule is CCN(CC)CCc1ccc2[nH]c(C)c(C(=O)OC(C)c3ccc(C)cc3C)c2c1. The quantitative estimate of drug-likeness (QED) is 0.474. The average molecular weight is 407 g/mol. The van der Waals surface area contributed by atoms with Gasteiger partial charge in [-0.15, -0.1) is 0 Å². The van der Waals surface area contributed by atoms with E-state index >= 15 is 0 Å². The number of aryl methyl sites for hydroxylation is 3. The minimum Gasteiger partial charge on any atom is -0.454 e. The monoisotopic (exact) mass is 406 g/mol. The van der Waals surface area contributed by atoms with Crippen molar-refractivity contribution in [3.8, 4) is 0 Å². The highest BCUT2D eigenvalue weighted by Crippen LogP contribution is 2.28. The molecule has 1 aromatic heterocycles. The molecule has 1 atom stereocenters. The number of carbonyl (C=O) groups excluding carboxylic acids is 1. The first kappa shape index (κ1) is 22.1. The summed E-state index contributed by atoms with van der Waals surface area (Å²) < 4.78 is 5.90. The van der Waals surface area contributed by atoms with E-state index in [1.165, 1.54) is 11.1 Å².